The summed E-state index contributed by atoms with van der Waals surface area (Å²) in [6.07, 6.45) is 0. The van der Waals surface area contributed by atoms with Gasteiger partial charge >= 0.3 is 0 Å². The van der Waals surface area contributed by atoms with Crippen LogP contribution in [0.1, 0.15) is 5.89 Å². The molecule has 0 aliphatic heterocycles. The van der Waals surface area contributed by atoms with E-state index in [-0.39, 0.29) is 0 Å². The molecule has 3 aromatic rings. The van der Waals surface area contributed by atoms with Gasteiger partial charge in [0.05, 0.1) is 5.69 Å². The van der Waals surface area contributed by atoms with Crippen LogP contribution in [-0.4, -0.2) is 14.8 Å². The first kappa shape index (κ1) is 9.89. The fraction of sp³-hybridized carbons (Fsp3) is 0.167. The highest BCUT2D eigenvalue weighted by atomic mass is 16.3. The third kappa shape index (κ3) is 1.47. The Labute approximate surface area is 97.9 Å². The summed E-state index contributed by atoms with van der Waals surface area (Å²) < 4.78 is 7.24. The zero-order valence-corrected chi connectivity index (χ0v) is 9.64. The van der Waals surface area contributed by atoms with Crippen molar-refractivity contribution in [2.24, 2.45) is 7.05 Å². The molecule has 0 atom stereocenters. The lowest BCUT2D eigenvalue weighted by atomic mass is 10.1. The number of nitrogen functional groups attached to an aromatic ring is 1. The Kier molecular flexibility index (Phi) is 1.95. The molecule has 2 aromatic heterocycles. The standard InChI is InChI=1S/C12H12N4O/c1-7-14-9-5-3-4-8(12(9)17-7)10-6-11(13)16(2)15-10/h3-6H,13H2,1-2H3. The third-order valence-electron chi connectivity index (χ3n) is 2.71. The van der Waals surface area contributed by atoms with Gasteiger partial charge in [0.15, 0.2) is 11.5 Å². The summed E-state index contributed by atoms with van der Waals surface area (Å²) in [5.41, 5.74) is 9.08. The molecule has 5 nitrogen and oxygen atoms in total. The number of rotatable bonds is 1. The minimum Gasteiger partial charge on any atom is -0.440 e. The van der Waals surface area contributed by atoms with Gasteiger partial charge in [-0.1, -0.05) is 6.07 Å². The van der Waals surface area contributed by atoms with Gasteiger partial charge in [-0.05, 0) is 12.1 Å². The topological polar surface area (TPSA) is 69.9 Å². The van der Waals surface area contributed by atoms with E-state index in [1.165, 1.54) is 0 Å². The fourth-order valence-electron chi connectivity index (χ4n) is 1.88. The highest BCUT2D eigenvalue weighted by molar-refractivity contribution is 5.89. The summed E-state index contributed by atoms with van der Waals surface area (Å²) in [5, 5.41) is 4.34. The van der Waals surface area contributed by atoms with Crippen molar-refractivity contribution in [3.05, 3.63) is 30.2 Å². The molecule has 0 spiro atoms. The van der Waals surface area contributed by atoms with Gasteiger partial charge < -0.3 is 10.2 Å². The number of hydrogen-bond donors (Lipinski definition) is 1. The molecule has 1 aromatic carbocycles. The summed E-state index contributed by atoms with van der Waals surface area (Å²) >= 11 is 0. The van der Waals surface area contributed by atoms with Crippen molar-refractivity contribution in [2.45, 2.75) is 6.92 Å². The largest absolute Gasteiger partial charge is 0.440 e. The molecule has 86 valence electrons. The second-order valence-corrected chi connectivity index (χ2v) is 3.96. The molecule has 0 saturated carbocycles. The minimum atomic E-state index is 0.619. The molecule has 5 heteroatoms. The van der Waals surface area contributed by atoms with Crippen molar-refractivity contribution < 1.29 is 4.42 Å². The molecule has 3 rings (SSSR count). The monoisotopic (exact) mass is 228 g/mol. The number of fused-ring (bicyclic) bond motifs is 1. The first-order chi connectivity index (χ1) is 8.15. The first-order valence-corrected chi connectivity index (χ1v) is 5.31. The fourth-order valence-corrected chi connectivity index (χ4v) is 1.88. The molecule has 2 N–H and O–H groups in total. The van der Waals surface area contributed by atoms with E-state index in [0.717, 1.165) is 22.4 Å². The van der Waals surface area contributed by atoms with Crippen molar-refractivity contribution in [2.75, 3.05) is 5.73 Å². The van der Waals surface area contributed by atoms with E-state index < -0.39 is 0 Å². The molecule has 0 unspecified atom stereocenters. The Morgan fingerprint density at radius 1 is 1.35 bits per heavy atom. The normalized spacial score (nSPS) is 11.2. The Morgan fingerprint density at radius 3 is 2.88 bits per heavy atom. The molecule has 2 heterocycles. The Hall–Kier alpha value is -2.30. The number of aromatic nitrogens is 3. The highest BCUT2D eigenvalue weighted by Gasteiger charge is 2.12. The number of hydrogen-bond acceptors (Lipinski definition) is 4. The lowest BCUT2D eigenvalue weighted by Gasteiger charge is -1.96. The van der Waals surface area contributed by atoms with Crippen molar-refractivity contribution in [3.63, 3.8) is 0 Å². The lowest BCUT2D eigenvalue weighted by Crippen LogP contribution is -1.96. The first-order valence-electron chi connectivity index (χ1n) is 5.31. The second kappa shape index (κ2) is 3.35. The summed E-state index contributed by atoms with van der Waals surface area (Å²) in [5.74, 6) is 1.27. The number of aryl methyl sites for hydroxylation is 2. The van der Waals surface area contributed by atoms with E-state index in [2.05, 4.69) is 10.1 Å². The molecule has 0 amide bonds. The predicted molar refractivity (Wildman–Crippen MR) is 65.4 cm³/mol. The Bertz CT molecular complexity index is 676. The highest BCUT2D eigenvalue weighted by Crippen LogP contribution is 2.28. The molecule has 17 heavy (non-hydrogen) atoms. The lowest BCUT2D eigenvalue weighted by molar-refractivity contribution is 0.561. The van der Waals surface area contributed by atoms with Gasteiger partial charge in [-0.15, -0.1) is 0 Å². The number of nitrogens with zero attached hydrogens (tertiary/aromatic N) is 3. The van der Waals surface area contributed by atoms with Gasteiger partial charge in [0.1, 0.15) is 11.3 Å². The van der Waals surface area contributed by atoms with E-state index in [1.54, 1.807) is 4.68 Å². The number of oxazole rings is 1. The SMILES string of the molecule is Cc1nc2cccc(-c3cc(N)n(C)n3)c2o1. The smallest absolute Gasteiger partial charge is 0.192 e. The van der Waals surface area contributed by atoms with Crippen LogP contribution in [-0.2, 0) is 7.05 Å². The zero-order chi connectivity index (χ0) is 12.0. The number of benzene rings is 1. The van der Waals surface area contributed by atoms with Gasteiger partial charge in [0.25, 0.3) is 0 Å². The summed E-state index contributed by atoms with van der Waals surface area (Å²) in [6, 6.07) is 7.63. The van der Waals surface area contributed by atoms with Crippen molar-refractivity contribution >= 4 is 16.9 Å². The van der Waals surface area contributed by atoms with Crippen LogP contribution in [0, 0.1) is 6.92 Å². The van der Waals surface area contributed by atoms with Crippen LogP contribution in [0.3, 0.4) is 0 Å². The van der Waals surface area contributed by atoms with E-state index >= 15 is 0 Å². The zero-order valence-electron chi connectivity index (χ0n) is 9.64. The van der Waals surface area contributed by atoms with Gasteiger partial charge in [-0.25, -0.2) is 4.98 Å². The summed E-state index contributed by atoms with van der Waals surface area (Å²) in [4.78, 5) is 4.30. The van der Waals surface area contributed by atoms with Crippen LogP contribution in [0.4, 0.5) is 5.82 Å². The number of nitrogens with two attached hydrogens (primary N) is 1. The maximum absolute atomic E-state index is 5.78. The van der Waals surface area contributed by atoms with E-state index in [4.69, 9.17) is 10.2 Å². The average molecular weight is 228 g/mol. The van der Waals surface area contributed by atoms with Gasteiger partial charge in [-0.3, -0.25) is 4.68 Å². The molecule has 0 radical (unpaired) electrons. The van der Waals surface area contributed by atoms with Gasteiger partial charge in [0.2, 0.25) is 0 Å². The predicted octanol–water partition coefficient (Wildman–Crippen LogP) is 2.12. The van der Waals surface area contributed by atoms with Gasteiger partial charge in [0, 0.05) is 25.6 Å². The molecule has 0 saturated heterocycles. The van der Waals surface area contributed by atoms with E-state index in [0.29, 0.717) is 11.7 Å². The molecule has 0 aliphatic rings. The summed E-state index contributed by atoms with van der Waals surface area (Å²) in [6.45, 7) is 1.83. The average Bonchev–Trinajstić information content (AvgIpc) is 2.81. The number of para-hydroxylation sites is 1. The van der Waals surface area contributed by atoms with Crippen LogP contribution >= 0.6 is 0 Å². The third-order valence-corrected chi connectivity index (χ3v) is 2.71. The molecular weight excluding hydrogens is 216 g/mol. The van der Waals surface area contributed by atoms with Crippen molar-refractivity contribution in [1.29, 1.82) is 0 Å². The molecular formula is C12H12N4O. The quantitative estimate of drug-likeness (QED) is 0.692. The van der Waals surface area contributed by atoms with E-state index in [1.807, 2.05) is 38.2 Å². The van der Waals surface area contributed by atoms with Crippen LogP contribution < -0.4 is 5.73 Å². The summed E-state index contributed by atoms with van der Waals surface area (Å²) in [7, 11) is 1.81. The van der Waals surface area contributed by atoms with Crippen molar-refractivity contribution in [1.82, 2.24) is 14.8 Å². The minimum absolute atomic E-state index is 0.619. The Morgan fingerprint density at radius 2 is 2.18 bits per heavy atom. The van der Waals surface area contributed by atoms with Crippen LogP contribution in [0.15, 0.2) is 28.7 Å². The van der Waals surface area contributed by atoms with Crippen molar-refractivity contribution in [3.8, 4) is 11.3 Å². The van der Waals surface area contributed by atoms with Crippen LogP contribution in [0.5, 0.6) is 0 Å². The maximum atomic E-state index is 5.78. The number of anilines is 1. The molecule has 0 fully saturated rings. The molecule has 0 aliphatic carbocycles. The van der Waals surface area contributed by atoms with Gasteiger partial charge in [-0.2, -0.15) is 5.10 Å². The molecule has 0 bridgehead atoms. The maximum Gasteiger partial charge on any atom is 0.192 e. The van der Waals surface area contributed by atoms with Crippen LogP contribution in [0.25, 0.3) is 22.4 Å². The second-order valence-electron chi connectivity index (χ2n) is 3.96. The Balaban J connectivity index is 2.29. The van der Waals surface area contributed by atoms with Crippen LogP contribution in [0.2, 0.25) is 0 Å². The van der Waals surface area contributed by atoms with E-state index in [9.17, 15) is 0 Å².